The van der Waals surface area contributed by atoms with Crippen LogP contribution in [0.25, 0.3) is 0 Å². The lowest BCUT2D eigenvalue weighted by molar-refractivity contribution is 0.252. The number of nitrogens with two attached hydrogens (primary N) is 1. The van der Waals surface area contributed by atoms with Gasteiger partial charge in [0.25, 0.3) is 0 Å². The summed E-state index contributed by atoms with van der Waals surface area (Å²) in [5.41, 5.74) is 6.43. The molecule has 0 unspecified atom stereocenters. The molecule has 1 aromatic heterocycles. The van der Waals surface area contributed by atoms with Crippen molar-refractivity contribution in [1.82, 2.24) is 9.29 Å². The maximum absolute atomic E-state index is 12.4. The van der Waals surface area contributed by atoms with Crippen molar-refractivity contribution in [3.63, 3.8) is 0 Å². The summed E-state index contributed by atoms with van der Waals surface area (Å²) in [6.07, 6.45) is 1.66. The van der Waals surface area contributed by atoms with Crippen molar-refractivity contribution < 1.29 is 8.42 Å². The molecule has 1 rings (SSSR count). The molecule has 0 aliphatic carbocycles. The first-order chi connectivity index (χ1) is 9.51. The minimum Gasteiger partial charge on any atom is -0.346 e. The zero-order valence-electron chi connectivity index (χ0n) is 14.0. The summed E-state index contributed by atoms with van der Waals surface area (Å²) in [5.74, 6) is 0.389. The number of nitrogens with one attached hydrogen (secondary N) is 1. The van der Waals surface area contributed by atoms with Crippen LogP contribution in [0.3, 0.4) is 0 Å². The molecule has 0 spiro atoms. The van der Waals surface area contributed by atoms with Gasteiger partial charge in [-0.25, -0.2) is 13.1 Å². The van der Waals surface area contributed by atoms with Gasteiger partial charge in [0.2, 0.25) is 10.0 Å². The third kappa shape index (κ3) is 4.31. The summed E-state index contributed by atoms with van der Waals surface area (Å²) in [4.78, 5) is 0.288. The fourth-order valence-electron chi connectivity index (χ4n) is 1.86. The molecule has 21 heavy (non-hydrogen) atoms. The molecule has 0 aliphatic rings. The Morgan fingerprint density at radius 1 is 1.29 bits per heavy atom. The number of aromatic nitrogens is 1. The van der Waals surface area contributed by atoms with Crippen molar-refractivity contribution in [3.8, 4) is 0 Å². The summed E-state index contributed by atoms with van der Waals surface area (Å²) in [7, 11) is -3.50. The Kier molecular flexibility index (Phi) is 5.63. The van der Waals surface area contributed by atoms with Crippen LogP contribution in [0.1, 0.15) is 53.3 Å². The van der Waals surface area contributed by atoms with Crippen molar-refractivity contribution in [2.45, 2.75) is 59.0 Å². The van der Waals surface area contributed by atoms with Crippen LogP contribution < -0.4 is 10.5 Å². The van der Waals surface area contributed by atoms with Crippen molar-refractivity contribution in [2.75, 3.05) is 6.54 Å². The second-order valence-electron chi connectivity index (χ2n) is 6.84. The average molecular weight is 315 g/mol. The highest BCUT2D eigenvalue weighted by molar-refractivity contribution is 7.89. The van der Waals surface area contributed by atoms with Crippen molar-refractivity contribution in [1.29, 1.82) is 0 Å². The van der Waals surface area contributed by atoms with Gasteiger partial charge in [0.1, 0.15) is 0 Å². The fourth-order valence-corrected chi connectivity index (χ4v) is 3.13. The molecule has 0 fully saturated rings. The third-order valence-corrected chi connectivity index (χ3v) is 5.63. The van der Waals surface area contributed by atoms with E-state index in [0.717, 1.165) is 5.69 Å². The quantitative estimate of drug-likeness (QED) is 0.811. The van der Waals surface area contributed by atoms with Crippen LogP contribution in [0, 0.1) is 11.3 Å². The van der Waals surface area contributed by atoms with Gasteiger partial charge < -0.3 is 10.3 Å². The molecule has 6 heteroatoms. The summed E-state index contributed by atoms with van der Waals surface area (Å²) < 4.78 is 29.5. The van der Waals surface area contributed by atoms with E-state index in [1.807, 2.05) is 18.4 Å². The predicted octanol–water partition coefficient (Wildman–Crippen LogP) is 2.49. The molecule has 0 amide bonds. The normalized spacial score (nSPS) is 13.4. The number of hydrogen-bond donors (Lipinski definition) is 2. The molecule has 0 aromatic carbocycles. The maximum atomic E-state index is 12.4. The zero-order chi connectivity index (χ0) is 16.4. The maximum Gasteiger partial charge on any atom is 0.242 e. The van der Waals surface area contributed by atoms with Crippen LogP contribution in [0.15, 0.2) is 17.2 Å². The lowest BCUT2D eigenvalue weighted by atomic mass is 9.81. The van der Waals surface area contributed by atoms with E-state index < -0.39 is 10.0 Å². The van der Waals surface area contributed by atoms with Gasteiger partial charge in [0.05, 0.1) is 4.90 Å². The first kappa shape index (κ1) is 18.2. The van der Waals surface area contributed by atoms with E-state index in [2.05, 4.69) is 32.4 Å². The summed E-state index contributed by atoms with van der Waals surface area (Å²) >= 11 is 0. The summed E-state index contributed by atoms with van der Waals surface area (Å²) in [5, 5.41) is 0. The molecular weight excluding hydrogens is 286 g/mol. The molecule has 1 heterocycles. The average Bonchev–Trinajstić information content (AvgIpc) is 2.81. The Hall–Kier alpha value is -0.850. The third-order valence-electron chi connectivity index (χ3n) is 4.26. The van der Waals surface area contributed by atoms with Crippen LogP contribution >= 0.6 is 0 Å². The van der Waals surface area contributed by atoms with Crippen molar-refractivity contribution in [3.05, 3.63) is 18.0 Å². The summed E-state index contributed by atoms with van der Waals surface area (Å²) in [6.45, 7) is 13.1. The van der Waals surface area contributed by atoms with E-state index in [1.54, 1.807) is 12.3 Å². The Morgan fingerprint density at radius 3 is 2.24 bits per heavy atom. The Labute approximate surface area is 129 Å². The summed E-state index contributed by atoms with van der Waals surface area (Å²) in [6, 6.07) is 1.84. The van der Waals surface area contributed by atoms with Crippen LogP contribution in [-0.2, 0) is 16.6 Å². The van der Waals surface area contributed by atoms with Gasteiger partial charge in [0.15, 0.2) is 0 Å². The van der Waals surface area contributed by atoms with Crippen molar-refractivity contribution in [2.24, 2.45) is 17.1 Å². The van der Waals surface area contributed by atoms with Gasteiger partial charge in [-0.1, -0.05) is 27.7 Å². The molecule has 0 saturated heterocycles. The van der Waals surface area contributed by atoms with E-state index in [-0.39, 0.29) is 16.4 Å². The number of hydrogen-bond acceptors (Lipinski definition) is 3. The van der Waals surface area contributed by atoms with Gasteiger partial charge in [-0.3, -0.25) is 0 Å². The molecule has 3 N–H and O–H groups in total. The first-order valence-electron chi connectivity index (χ1n) is 7.41. The van der Waals surface area contributed by atoms with E-state index in [4.69, 9.17) is 5.73 Å². The van der Waals surface area contributed by atoms with E-state index in [9.17, 15) is 8.42 Å². The smallest absolute Gasteiger partial charge is 0.242 e. The molecule has 0 saturated carbocycles. The van der Waals surface area contributed by atoms with Gasteiger partial charge in [-0.2, -0.15) is 0 Å². The SMILES string of the molecule is CC(C)n1cc(S(=O)(=O)NCC(C)(C)C(C)C)cc1CN. The molecule has 0 radical (unpaired) electrons. The lowest BCUT2D eigenvalue weighted by Crippen LogP contribution is -2.36. The van der Waals surface area contributed by atoms with Crippen molar-refractivity contribution >= 4 is 10.0 Å². The Bertz CT molecular complexity index is 572. The van der Waals surface area contributed by atoms with Crippen LogP contribution in [0.5, 0.6) is 0 Å². The van der Waals surface area contributed by atoms with Crippen LogP contribution in [0.4, 0.5) is 0 Å². The Morgan fingerprint density at radius 2 is 1.86 bits per heavy atom. The highest BCUT2D eigenvalue weighted by atomic mass is 32.2. The molecule has 0 atom stereocenters. The van der Waals surface area contributed by atoms with Gasteiger partial charge >= 0.3 is 0 Å². The van der Waals surface area contributed by atoms with Crippen LogP contribution in [-0.4, -0.2) is 19.5 Å². The molecule has 5 nitrogen and oxygen atoms in total. The second kappa shape index (κ2) is 6.50. The number of sulfonamides is 1. The second-order valence-corrected chi connectivity index (χ2v) is 8.61. The van der Waals surface area contributed by atoms with Crippen LogP contribution in [0.2, 0.25) is 0 Å². The number of rotatable bonds is 7. The lowest BCUT2D eigenvalue weighted by Gasteiger charge is -2.29. The molecule has 122 valence electrons. The standard InChI is InChI=1S/C15H29N3O2S/c1-11(2)15(5,6)10-17-21(19,20)14-7-13(8-16)18(9-14)12(3)4/h7,9,11-12,17H,8,10,16H2,1-6H3. The highest BCUT2D eigenvalue weighted by Gasteiger charge is 2.26. The van der Waals surface area contributed by atoms with Gasteiger partial charge in [-0.05, 0) is 31.2 Å². The fraction of sp³-hybridized carbons (Fsp3) is 0.733. The van der Waals surface area contributed by atoms with E-state index in [0.29, 0.717) is 19.0 Å². The van der Waals surface area contributed by atoms with E-state index >= 15 is 0 Å². The predicted molar refractivity (Wildman–Crippen MR) is 86.5 cm³/mol. The van der Waals surface area contributed by atoms with Gasteiger partial charge in [0, 0.05) is 31.0 Å². The molecular formula is C15H29N3O2S. The monoisotopic (exact) mass is 315 g/mol. The van der Waals surface area contributed by atoms with E-state index in [1.165, 1.54) is 0 Å². The molecule has 1 aromatic rings. The minimum absolute atomic E-state index is 0.0929. The first-order valence-corrected chi connectivity index (χ1v) is 8.90. The highest BCUT2D eigenvalue weighted by Crippen LogP contribution is 2.26. The topological polar surface area (TPSA) is 77.1 Å². The Balaban J connectivity index is 2.99. The van der Waals surface area contributed by atoms with Gasteiger partial charge in [-0.15, -0.1) is 0 Å². The zero-order valence-corrected chi connectivity index (χ0v) is 14.8. The largest absolute Gasteiger partial charge is 0.346 e. The minimum atomic E-state index is -3.50. The molecule has 0 bridgehead atoms. The number of nitrogens with zero attached hydrogens (tertiary/aromatic N) is 1. The molecule has 0 aliphatic heterocycles.